The highest BCUT2D eigenvalue weighted by molar-refractivity contribution is 6.04. The quantitative estimate of drug-likeness (QED) is 0.834. The molecular formula is C22H27NO3. The molecule has 0 aromatic heterocycles. The number of Topliss-reactive ketones (excluding diaryl/α,β-unsaturated/α-hetero) is 1. The van der Waals surface area contributed by atoms with E-state index in [4.69, 9.17) is 4.74 Å². The third kappa shape index (κ3) is 3.20. The van der Waals surface area contributed by atoms with Crippen molar-refractivity contribution in [1.82, 2.24) is 5.32 Å². The zero-order valence-corrected chi connectivity index (χ0v) is 16.2. The maximum absolute atomic E-state index is 13.0. The van der Waals surface area contributed by atoms with E-state index in [1.165, 1.54) is 12.7 Å². The fourth-order valence-electron chi connectivity index (χ4n) is 4.10. The summed E-state index contributed by atoms with van der Waals surface area (Å²) in [6.45, 7) is 8.21. The number of carbonyl (C=O) groups is 2. The molecule has 0 saturated heterocycles. The van der Waals surface area contributed by atoms with Crippen LogP contribution in [0.15, 0.2) is 46.8 Å². The average molecular weight is 353 g/mol. The second kappa shape index (κ2) is 6.75. The first kappa shape index (κ1) is 18.4. The summed E-state index contributed by atoms with van der Waals surface area (Å²) >= 11 is 0. The number of rotatable bonds is 3. The largest absolute Gasteiger partial charge is 0.466 e. The molecule has 0 amide bonds. The number of methoxy groups -OCH3 is 1. The van der Waals surface area contributed by atoms with Gasteiger partial charge >= 0.3 is 5.97 Å². The van der Waals surface area contributed by atoms with Crippen molar-refractivity contribution in [1.29, 1.82) is 0 Å². The smallest absolute Gasteiger partial charge is 0.336 e. The third-order valence-corrected chi connectivity index (χ3v) is 5.37. The number of hydrogen-bond acceptors (Lipinski definition) is 4. The molecule has 0 saturated carbocycles. The summed E-state index contributed by atoms with van der Waals surface area (Å²) in [5, 5.41) is 3.33. The van der Waals surface area contributed by atoms with E-state index in [0.29, 0.717) is 12.0 Å². The molecule has 0 unspecified atom stereocenters. The van der Waals surface area contributed by atoms with Crippen LogP contribution in [0.4, 0.5) is 0 Å². The van der Waals surface area contributed by atoms with E-state index in [1.807, 2.05) is 19.1 Å². The highest BCUT2D eigenvalue weighted by Crippen LogP contribution is 2.46. The van der Waals surface area contributed by atoms with Crippen LogP contribution in [0.3, 0.4) is 0 Å². The summed E-state index contributed by atoms with van der Waals surface area (Å²) in [6, 6.07) is 8.20. The summed E-state index contributed by atoms with van der Waals surface area (Å²) in [7, 11) is 1.38. The predicted molar refractivity (Wildman–Crippen MR) is 101 cm³/mol. The number of ether oxygens (including phenoxy) is 1. The van der Waals surface area contributed by atoms with E-state index < -0.39 is 0 Å². The number of aryl methyl sites for hydroxylation is 1. The Bertz CT molecular complexity index is 812. The molecule has 4 heteroatoms. The van der Waals surface area contributed by atoms with Crippen molar-refractivity contribution < 1.29 is 14.3 Å². The van der Waals surface area contributed by atoms with Crippen molar-refractivity contribution in [3.8, 4) is 0 Å². The minimum absolute atomic E-state index is 0.0808. The fraction of sp³-hybridized carbons (Fsp3) is 0.455. The molecule has 1 N–H and O–H groups in total. The van der Waals surface area contributed by atoms with Crippen molar-refractivity contribution in [2.75, 3.05) is 7.11 Å². The summed E-state index contributed by atoms with van der Waals surface area (Å²) in [5.41, 5.74) is 5.08. The first-order valence-electron chi connectivity index (χ1n) is 9.18. The van der Waals surface area contributed by atoms with Crippen LogP contribution in [0, 0.1) is 5.41 Å². The van der Waals surface area contributed by atoms with Crippen LogP contribution in [-0.2, 0) is 20.7 Å². The molecule has 0 bridgehead atoms. The predicted octanol–water partition coefficient (Wildman–Crippen LogP) is 4.03. The van der Waals surface area contributed by atoms with E-state index in [2.05, 4.69) is 38.2 Å². The van der Waals surface area contributed by atoms with Gasteiger partial charge in [0.05, 0.1) is 12.7 Å². The van der Waals surface area contributed by atoms with E-state index in [-0.39, 0.29) is 23.1 Å². The molecule has 1 aliphatic heterocycles. The van der Waals surface area contributed by atoms with Crippen LogP contribution < -0.4 is 5.32 Å². The Morgan fingerprint density at radius 1 is 1.23 bits per heavy atom. The Kier molecular flexibility index (Phi) is 4.78. The molecule has 0 fully saturated rings. The standard InChI is InChI=1S/C22H27NO3/c1-6-14-7-9-15(10-8-14)19-18(21(25)26-5)13(2)23-16-11-22(3,4)12-17(24)20(16)19/h7-10,19,23H,6,11-12H2,1-5H3/t19-/m1/s1. The van der Waals surface area contributed by atoms with E-state index in [9.17, 15) is 9.59 Å². The van der Waals surface area contributed by atoms with Gasteiger partial charge in [-0.05, 0) is 36.3 Å². The molecule has 0 radical (unpaired) electrons. The topological polar surface area (TPSA) is 55.4 Å². The van der Waals surface area contributed by atoms with Gasteiger partial charge in [0.25, 0.3) is 0 Å². The van der Waals surface area contributed by atoms with Crippen molar-refractivity contribution in [3.05, 3.63) is 57.9 Å². The van der Waals surface area contributed by atoms with Crippen LogP contribution in [0.25, 0.3) is 0 Å². The Labute approximate surface area is 155 Å². The number of nitrogens with one attached hydrogen (secondary N) is 1. The Balaban J connectivity index is 2.17. The van der Waals surface area contributed by atoms with Gasteiger partial charge in [-0.1, -0.05) is 45.0 Å². The van der Waals surface area contributed by atoms with Gasteiger partial charge in [-0.2, -0.15) is 0 Å². The van der Waals surface area contributed by atoms with Crippen LogP contribution in [-0.4, -0.2) is 18.9 Å². The summed E-state index contributed by atoms with van der Waals surface area (Å²) in [6.07, 6.45) is 2.24. The molecule has 1 aromatic rings. The van der Waals surface area contributed by atoms with Crippen LogP contribution >= 0.6 is 0 Å². The first-order valence-corrected chi connectivity index (χ1v) is 9.18. The molecular weight excluding hydrogens is 326 g/mol. The molecule has 1 atom stereocenters. The number of hydrogen-bond donors (Lipinski definition) is 1. The second-order valence-electron chi connectivity index (χ2n) is 8.02. The third-order valence-electron chi connectivity index (χ3n) is 5.37. The molecule has 26 heavy (non-hydrogen) atoms. The van der Waals surface area contributed by atoms with Crippen molar-refractivity contribution in [2.24, 2.45) is 5.41 Å². The first-order chi connectivity index (χ1) is 12.3. The number of ketones is 1. The highest BCUT2D eigenvalue weighted by atomic mass is 16.5. The minimum atomic E-state index is -0.385. The molecule has 4 nitrogen and oxygen atoms in total. The number of dihydropyridines is 1. The number of esters is 1. The van der Waals surface area contributed by atoms with Crippen LogP contribution in [0.2, 0.25) is 0 Å². The lowest BCUT2D eigenvalue weighted by atomic mass is 9.68. The summed E-state index contributed by atoms with van der Waals surface area (Å²) in [5.74, 6) is -0.640. The summed E-state index contributed by atoms with van der Waals surface area (Å²) in [4.78, 5) is 25.6. The Morgan fingerprint density at radius 3 is 2.46 bits per heavy atom. The lowest BCUT2D eigenvalue weighted by Crippen LogP contribution is -2.38. The molecule has 1 heterocycles. The molecule has 1 aliphatic carbocycles. The fourth-order valence-corrected chi connectivity index (χ4v) is 4.10. The lowest BCUT2D eigenvalue weighted by Gasteiger charge is -2.39. The highest BCUT2D eigenvalue weighted by Gasteiger charge is 2.42. The molecule has 0 spiro atoms. The van der Waals surface area contributed by atoms with Gasteiger partial charge in [0.1, 0.15) is 0 Å². The van der Waals surface area contributed by atoms with Gasteiger partial charge in [0, 0.05) is 29.3 Å². The van der Waals surface area contributed by atoms with Gasteiger partial charge < -0.3 is 10.1 Å². The molecule has 2 aliphatic rings. The lowest BCUT2D eigenvalue weighted by molar-refractivity contribution is -0.136. The number of allylic oxidation sites excluding steroid dienone is 3. The Hall–Kier alpha value is -2.36. The normalized spacial score (nSPS) is 22.0. The summed E-state index contributed by atoms with van der Waals surface area (Å²) < 4.78 is 5.04. The van der Waals surface area contributed by atoms with Crippen molar-refractivity contribution in [2.45, 2.75) is 52.9 Å². The zero-order valence-electron chi connectivity index (χ0n) is 16.2. The van der Waals surface area contributed by atoms with Crippen molar-refractivity contribution in [3.63, 3.8) is 0 Å². The zero-order chi connectivity index (χ0) is 19.1. The molecule has 1 aromatic carbocycles. The van der Waals surface area contributed by atoms with Gasteiger partial charge in [-0.15, -0.1) is 0 Å². The average Bonchev–Trinajstić information content (AvgIpc) is 2.59. The molecule has 3 rings (SSSR count). The van der Waals surface area contributed by atoms with Gasteiger partial charge in [0.2, 0.25) is 0 Å². The number of carbonyl (C=O) groups excluding carboxylic acids is 2. The SMILES string of the molecule is CCc1ccc([C@@H]2C(C(=O)OC)=C(C)NC3=C2C(=O)CC(C)(C)C3)cc1. The second-order valence-corrected chi connectivity index (χ2v) is 8.02. The van der Waals surface area contributed by atoms with E-state index in [0.717, 1.165) is 35.4 Å². The van der Waals surface area contributed by atoms with Crippen LogP contribution in [0.5, 0.6) is 0 Å². The maximum Gasteiger partial charge on any atom is 0.336 e. The monoisotopic (exact) mass is 353 g/mol. The van der Waals surface area contributed by atoms with Crippen LogP contribution in [0.1, 0.15) is 57.6 Å². The van der Waals surface area contributed by atoms with E-state index in [1.54, 1.807) is 0 Å². The minimum Gasteiger partial charge on any atom is -0.466 e. The Morgan fingerprint density at radius 2 is 1.88 bits per heavy atom. The van der Waals surface area contributed by atoms with Gasteiger partial charge in [-0.25, -0.2) is 4.79 Å². The van der Waals surface area contributed by atoms with Crippen molar-refractivity contribution >= 4 is 11.8 Å². The van der Waals surface area contributed by atoms with E-state index >= 15 is 0 Å². The maximum atomic E-state index is 13.0. The van der Waals surface area contributed by atoms with Gasteiger partial charge in [-0.3, -0.25) is 4.79 Å². The number of benzene rings is 1. The molecule has 138 valence electrons. The van der Waals surface area contributed by atoms with Gasteiger partial charge in [0.15, 0.2) is 5.78 Å².